The molecular formula is C3H4N3NaO2. The summed E-state index contributed by atoms with van der Waals surface area (Å²) in [6.07, 6.45) is 1.46. The molecule has 0 saturated heterocycles. The molecule has 1 rings (SSSR count). The molecule has 1 N–H and O–H groups in total. The van der Waals surface area contributed by atoms with Gasteiger partial charge in [-0.15, -0.1) is 4.91 Å². The molecule has 9 heavy (non-hydrogen) atoms. The Morgan fingerprint density at radius 3 is 3.00 bits per heavy atom. The minimum atomic E-state index is 0. The summed E-state index contributed by atoms with van der Waals surface area (Å²) in [7, 11) is 0. The number of H-pyrrole nitrogens is 1. The first-order valence-electron chi connectivity index (χ1n) is 1.92. The number of hydrogen-bond donors (Lipinski definition) is 1. The van der Waals surface area contributed by atoms with Crippen molar-refractivity contribution in [3.05, 3.63) is 17.2 Å². The molecule has 0 fully saturated rings. The Morgan fingerprint density at radius 2 is 2.56 bits per heavy atom. The fourth-order valence-corrected chi connectivity index (χ4v) is 0.334. The zero-order valence-corrected chi connectivity index (χ0v) is 3.87. The second-order valence-electron chi connectivity index (χ2n) is 1.09. The minimum absolute atomic E-state index is 0. The Balaban J connectivity index is 0.000000640. The fourth-order valence-electron chi connectivity index (χ4n) is 0.334. The average molecular weight is 137 g/mol. The Bertz CT molecular complexity index is 164. The fraction of sp³-hybridized carbons (Fsp3) is 0. The van der Waals surface area contributed by atoms with Gasteiger partial charge in [0.25, 0.3) is 0 Å². The Hall–Kier alpha value is -0.390. The normalized spacial score (nSPS) is 7.56. The van der Waals surface area contributed by atoms with Crippen molar-refractivity contribution in [2.24, 2.45) is 5.34 Å². The molecule has 0 unspecified atom stereocenters. The van der Waals surface area contributed by atoms with Gasteiger partial charge in [-0.3, -0.25) is 0 Å². The topological polar surface area (TPSA) is 67.3 Å². The standard InChI is InChI=1S/C3H3N3O2.Na.H/c7-6-8-3-1-2-4-5-3;;/h1-2H,(H,4,5);;. The first kappa shape index (κ1) is 8.61. The molecule has 6 heteroatoms. The van der Waals surface area contributed by atoms with Crippen molar-refractivity contribution in [1.82, 2.24) is 10.2 Å². The summed E-state index contributed by atoms with van der Waals surface area (Å²) in [6.45, 7) is 0. The van der Waals surface area contributed by atoms with Crippen LogP contribution in [-0.4, -0.2) is 39.8 Å². The van der Waals surface area contributed by atoms with E-state index < -0.39 is 0 Å². The molecule has 0 aliphatic carbocycles. The van der Waals surface area contributed by atoms with E-state index in [2.05, 4.69) is 20.4 Å². The second kappa shape index (κ2) is 4.49. The molecule has 0 radical (unpaired) electrons. The van der Waals surface area contributed by atoms with Crippen molar-refractivity contribution in [2.75, 3.05) is 0 Å². The first-order chi connectivity index (χ1) is 3.93. The quantitative estimate of drug-likeness (QED) is 0.349. The van der Waals surface area contributed by atoms with Crippen molar-refractivity contribution < 1.29 is 4.84 Å². The molecule has 0 saturated carbocycles. The van der Waals surface area contributed by atoms with E-state index in [9.17, 15) is 4.91 Å². The van der Waals surface area contributed by atoms with Crippen LogP contribution in [0.15, 0.2) is 17.6 Å². The molecule has 1 heterocycles. The molecule has 0 aliphatic heterocycles. The van der Waals surface area contributed by atoms with E-state index in [1.807, 2.05) is 0 Å². The van der Waals surface area contributed by atoms with Crippen LogP contribution in [-0.2, 0) is 0 Å². The third-order valence-electron chi connectivity index (χ3n) is 0.611. The van der Waals surface area contributed by atoms with Crippen molar-refractivity contribution >= 4 is 29.6 Å². The van der Waals surface area contributed by atoms with Gasteiger partial charge in [-0.1, -0.05) is 0 Å². The van der Waals surface area contributed by atoms with Gasteiger partial charge in [0.05, 0.1) is 6.20 Å². The van der Waals surface area contributed by atoms with Gasteiger partial charge in [-0.2, -0.15) is 5.10 Å². The van der Waals surface area contributed by atoms with E-state index in [1.165, 1.54) is 12.3 Å². The molecule has 0 bridgehead atoms. The van der Waals surface area contributed by atoms with Crippen LogP contribution in [0.3, 0.4) is 0 Å². The van der Waals surface area contributed by atoms with Crippen LogP contribution in [0.1, 0.15) is 0 Å². The molecule has 0 spiro atoms. The van der Waals surface area contributed by atoms with Gasteiger partial charge < -0.3 is 4.84 Å². The summed E-state index contributed by atoms with van der Waals surface area (Å²) in [6, 6.07) is 1.49. The number of aromatic amines is 1. The van der Waals surface area contributed by atoms with E-state index in [0.29, 0.717) is 0 Å². The maximum atomic E-state index is 9.35. The van der Waals surface area contributed by atoms with Gasteiger partial charge in [0.1, 0.15) is 0 Å². The van der Waals surface area contributed by atoms with Gasteiger partial charge in [0, 0.05) is 6.07 Å². The number of hydrogen-bond acceptors (Lipinski definition) is 4. The van der Waals surface area contributed by atoms with E-state index in [1.54, 1.807) is 0 Å². The van der Waals surface area contributed by atoms with Crippen molar-refractivity contribution in [1.29, 1.82) is 0 Å². The zero-order valence-electron chi connectivity index (χ0n) is 3.87. The van der Waals surface area contributed by atoms with Crippen LogP contribution in [0.25, 0.3) is 0 Å². The summed E-state index contributed by atoms with van der Waals surface area (Å²) < 4.78 is 0. The molecular weight excluding hydrogens is 133 g/mol. The van der Waals surface area contributed by atoms with Crippen molar-refractivity contribution in [2.45, 2.75) is 0 Å². The summed E-state index contributed by atoms with van der Waals surface area (Å²) in [4.78, 5) is 13.4. The molecule has 0 atom stereocenters. The Kier molecular flexibility index (Phi) is 4.29. The third kappa shape index (κ3) is 2.59. The van der Waals surface area contributed by atoms with Crippen LogP contribution in [0.2, 0.25) is 0 Å². The van der Waals surface area contributed by atoms with Crippen LogP contribution in [0.4, 0.5) is 0 Å². The van der Waals surface area contributed by atoms with Crippen molar-refractivity contribution in [3.8, 4) is 5.88 Å². The molecule has 1 aromatic heterocycles. The van der Waals surface area contributed by atoms with E-state index in [-0.39, 0.29) is 35.4 Å². The molecule has 0 aliphatic rings. The average Bonchev–Trinajstić information content (AvgIpc) is 2.19. The number of nitrogens with zero attached hydrogens (tertiary/aromatic N) is 2. The Labute approximate surface area is 73.0 Å². The predicted octanol–water partition coefficient (Wildman–Crippen LogP) is -0.179. The molecule has 0 amide bonds. The molecule has 1 aromatic rings. The Morgan fingerprint density at radius 1 is 1.78 bits per heavy atom. The molecule has 0 aromatic carbocycles. The summed E-state index contributed by atoms with van der Waals surface area (Å²) in [5.41, 5.74) is 0. The third-order valence-corrected chi connectivity index (χ3v) is 0.611. The summed E-state index contributed by atoms with van der Waals surface area (Å²) >= 11 is 0. The first-order valence-corrected chi connectivity index (χ1v) is 1.92. The molecule has 44 valence electrons. The maximum absolute atomic E-state index is 9.35. The monoisotopic (exact) mass is 137 g/mol. The summed E-state index contributed by atoms with van der Waals surface area (Å²) in [5.74, 6) is 0.250. The van der Waals surface area contributed by atoms with Crippen LogP contribution in [0.5, 0.6) is 5.88 Å². The second-order valence-corrected chi connectivity index (χ2v) is 1.09. The van der Waals surface area contributed by atoms with E-state index >= 15 is 0 Å². The van der Waals surface area contributed by atoms with Crippen LogP contribution >= 0.6 is 0 Å². The number of rotatable bonds is 2. The van der Waals surface area contributed by atoms with Gasteiger partial charge in [0.15, 0.2) is 5.34 Å². The zero-order chi connectivity index (χ0) is 5.82. The number of nitrogens with one attached hydrogen (secondary N) is 1. The predicted molar refractivity (Wildman–Crippen MR) is 32.2 cm³/mol. The number of aromatic nitrogens is 2. The van der Waals surface area contributed by atoms with Crippen molar-refractivity contribution in [3.63, 3.8) is 0 Å². The van der Waals surface area contributed by atoms with Gasteiger partial charge in [0.2, 0.25) is 5.88 Å². The van der Waals surface area contributed by atoms with E-state index in [4.69, 9.17) is 0 Å². The van der Waals surface area contributed by atoms with Gasteiger partial charge in [-0.25, -0.2) is 5.10 Å². The van der Waals surface area contributed by atoms with Gasteiger partial charge >= 0.3 is 29.6 Å². The molecule has 5 nitrogen and oxygen atoms in total. The summed E-state index contributed by atoms with van der Waals surface area (Å²) in [5, 5.41) is 8.02. The van der Waals surface area contributed by atoms with Crippen LogP contribution in [0, 0.1) is 4.91 Å². The van der Waals surface area contributed by atoms with Crippen LogP contribution < -0.4 is 4.84 Å². The SMILES string of the molecule is O=NOc1ccn[nH]1.[NaH]. The van der Waals surface area contributed by atoms with E-state index in [0.717, 1.165) is 0 Å². The van der Waals surface area contributed by atoms with Gasteiger partial charge in [-0.05, 0) is 0 Å².